The smallest absolute Gasteiger partial charge is 0.150 e. The average molecular weight is 489 g/mol. The molecule has 2 aliphatic carbocycles. The predicted molar refractivity (Wildman–Crippen MR) is 149 cm³/mol. The zero-order valence-electron chi connectivity index (χ0n) is 21.0. The molecule has 0 saturated heterocycles. The van der Waals surface area contributed by atoms with Crippen molar-refractivity contribution in [1.82, 2.24) is 24.7 Å². The molecule has 0 atom stereocenters. The Hall–Kier alpha value is -3.77. The number of imidazole rings is 1. The van der Waals surface area contributed by atoms with Gasteiger partial charge in [-0.2, -0.15) is 0 Å². The summed E-state index contributed by atoms with van der Waals surface area (Å²) < 4.78 is 2.16. The fourth-order valence-corrected chi connectivity index (χ4v) is 6.18. The number of nitrogens with two attached hydrogens (primary N) is 1. The molecule has 0 unspecified atom stereocenters. The van der Waals surface area contributed by atoms with Crippen LogP contribution in [0.15, 0.2) is 73.1 Å². The van der Waals surface area contributed by atoms with Crippen molar-refractivity contribution in [3.63, 3.8) is 0 Å². The summed E-state index contributed by atoms with van der Waals surface area (Å²) in [6.45, 7) is 0. The third kappa shape index (κ3) is 4.15. The first-order chi connectivity index (χ1) is 18.2. The van der Waals surface area contributed by atoms with E-state index in [-0.39, 0.29) is 0 Å². The van der Waals surface area contributed by atoms with E-state index in [0.29, 0.717) is 23.8 Å². The molecule has 2 aliphatic rings. The van der Waals surface area contributed by atoms with Gasteiger partial charge in [0, 0.05) is 46.9 Å². The lowest BCUT2D eigenvalue weighted by Crippen LogP contribution is -2.46. The van der Waals surface area contributed by atoms with Crippen LogP contribution in [0.1, 0.15) is 56.7 Å². The fraction of sp³-hybridized carbons (Fsp3) is 0.323. The summed E-state index contributed by atoms with van der Waals surface area (Å²) in [5.74, 6) is 2.03. The molecular weight excluding hydrogens is 456 g/mol. The van der Waals surface area contributed by atoms with Crippen LogP contribution in [0.3, 0.4) is 0 Å². The highest BCUT2D eigenvalue weighted by Gasteiger charge is 2.35. The van der Waals surface area contributed by atoms with Crippen molar-refractivity contribution in [3.05, 3.63) is 78.9 Å². The Labute approximate surface area is 217 Å². The van der Waals surface area contributed by atoms with Crippen molar-refractivity contribution < 1.29 is 0 Å². The minimum Gasteiger partial charge on any atom is -0.382 e. The van der Waals surface area contributed by atoms with Crippen molar-refractivity contribution in [2.75, 3.05) is 5.73 Å². The Morgan fingerprint density at radius 2 is 1.65 bits per heavy atom. The highest BCUT2D eigenvalue weighted by atomic mass is 15.1. The van der Waals surface area contributed by atoms with Crippen LogP contribution in [0, 0.1) is 0 Å². The summed E-state index contributed by atoms with van der Waals surface area (Å²) in [6, 6.07) is 22.2. The van der Waals surface area contributed by atoms with Crippen LogP contribution < -0.4 is 11.1 Å². The van der Waals surface area contributed by atoms with E-state index in [1.165, 1.54) is 32.1 Å². The van der Waals surface area contributed by atoms with Crippen molar-refractivity contribution in [3.8, 4) is 22.5 Å². The lowest BCUT2D eigenvalue weighted by atomic mass is 9.78. The predicted octanol–water partition coefficient (Wildman–Crippen LogP) is 6.36. The minimum absolute atomic E-state index is 0.424. The number of anilines is 1. The first-order valence-corrected chi connectivity index (χ1v) is 13.6. The molecule has 37 heavy (non-hydrogen) atoms. The van der Waals surface area contributed by atoms with Gasteiger partial charge in [0.2, 0.25) is 0 Å². The van der Waals surface area contributed by atoms with Crippen LogP contribution in [0.5, 0.6) is 0 Å². The van der Waals surface area contributed by atoms with Gasteiger partial charge in [-0.15, -0.1) is 0 Å². The van der Waals surface area contributed by atoms with E-state index in [9.17, 15) is 0 Å². The highest BCUT2D eigenvalue weighted by molar-refractivity contribution is 5.91. The van der Waals surface area contributed by atoms with Crippen LogP contribution in [0.4, 0.5) is 5.82 Å². The standard InChI is InChI=1S/C31H32N6/c32-30-29-28(22-12-11-21-13-14-26(35-27(21)19-22)20-7-3-1-4-8-20)36-31(37(29)16-15-33-30)23-17-25(18-23)34-24-9-5-2-6-10-24/h1,3-4,7-8,11-16,19,23-25,34H,2,5-6,9-10,17-18H2,(H2,32,33)/t23-,25+. The van der Waals surface area contributed by atoms with E-state index in [2.05, 4.69) is 57.2 Å². The monoisotopic (exact) mass is 488 g/mol. The van der Waals surface area contributed by atoms with Gasteiger partial charge in [0.25, 0.3) is 0 Å². The first-order valence-electron chi connectivity index (χ1n) is 13.6. The van der Waals surface area contributed by atoms with Crippen LogP contribution in [0.25, 0.3) is 38.9 Å². The van der Waals surface area contributed by atoms with Crippen LogP contribution in [0.2, 0.25) is 0 Å². The molecule has 0 spiro atoms. The zero-order valence-corrected chi connectivity index (χ0v) is 21.0. The van der Waals surface area contributed by atoms with Gasteiger partial charge in [-0.05, 0) is 37.8 Å². The van der Waals surface area contributed by atoms with E-state index in [4.69, 9.17) is 15.7 Å². The molecule has 186 valence electrons. The van der Waals surface area contributed by atoms with Gasteiger partial charge in [-0.25, -0.2) is 15.0 Å². The van der Waals surface area contributed by atoms with Crippen molar-refractivity contribution in [2.24, 2.45) is 0 Å². The fourth-order valence-electron chi connectivity index (χ4n) is 6.18. The Balaban J connectivity index is 1.22. The number of rotatable bonds is 5. The number of fused-ring (bicyclic) bond motifs is 2. The number of nitrogen functional groups attached to an aromatic ring is 1. The Morgan fingerprint density at radius 1 is 0.838 bits per heavy atom. The van der Waals surface area contributed by atoms with Gasteiger partial charge in [-0.3, -0.25) is 4.40 Å². The SMILES string of the molecule is Nc1nccn2c1c(-c1ccc3ccc(-c4ccccc4)nc3c1)nc2[C@H]1C[C@@H](NC2CCCCC2)C1. The summed E-state index contributed by atoms with van der Waals surface area (Å²) in [7, 11) is 0. The van der Waals surface area contributed by atoms with E-state index in [1.54, 1.807) is 6.20 Å². The summed E-state index contributed by atoms with van der Waals surface area (Å²) in [5.41, 5.74) is 12.2. The molecule has 6 heteroatoms. The van der Waals surface area contributed by atoms with Gasteiger partial charge in [-0.1, -0.05) is 67.8 Å². The van der Waals surface area contributed by atoms with Crippen LogP contribution in [-0.4, -0.2) is 31.4 Å². The lowest BCUT2D eigenvalue weighted by Gasteiger charge is -2.38. The third-order valence-electron chi connectivity index (χ3n) is 8.23. The molecule has 0 bridgehead atoms. The second kappa shape index (κ2) is 9.27. The number of pyridine rings is 1. The van der Waals surface area contributed by atoms with Crippen molar-refractivity contribution in [1.29, 1.82) is 0 Å². The second-order valence-corrected chi connectivity index (χ2v) is 10.7. The molecule has 2 saturated carbocycles. The van der Waals surface area contributed by atoms with Gasteiger partial charge >= 0.3 is 0 Å². The van der Waals surface area contributed by atoms with Crippen LogP contribution in [-0.2, 0) is 0 Å². The normalized spacial score (nSPS) is 20.3. The average Bonchev–Trinajstić information content (AvgIpc) is 3.31. The second-order valence-electron chi connectivity index (χ2n) is 10.7. The summed E-state index contributed by atoms with van der Waals surface area (Å²) in [5, 5.41) is 5.01. The molecule has 5 aromatic rings. The first kappa shape index (κ1) is 22.4. The number of hydrogen-bond donors (Lipinski definition) is 2. The van der Waals surface area contributed by atoms with Crippen LogP contribution >= 0.6 is 0 Å². The summed E-state index contributed by atoms with van der Waals surface area (Å²) >= 11 is 0. The van der Waals surface area contributed by atoms with E-state index in [1.807, 2.05) is 24.4 Å². The lowest BCUT2D eigenvalue weighted by molar-refractivity contribution is 0.232. The number of nitrogens with zero attached hydrogens (tertiary/aromatic N) is 4. The summed E-state index contributed by atoms with van der Waals surface area (Å²) in [6.07, 6.45) is 12.8. The molecule has 7 rings (SSSR count). The van der Waals surface area contributed by atoms with Gasteiger partial charge in [0.1, 0.15) is 22.9 Å². The minimum atomic E-state index is 0.424. The number of benzene rings is 2. The zero-order chi connectivity index (χ0) is 24.8. The number of hydrogen-bond acceptors (Lipinski definition) is 5. The maximum atomic E-state index is 6.43. The molecular formula is C31H32N6. The quantitative estimate of drug-likeness (QED) is 0.301. The van der Waals surface area contributed by atoms with E-state index < -0.39 is 0 Å². The maximum absolute atomic E-state index is 6.43. The molecule has 6 nitrogen and oxygen atoms in total. The largest absolute Gasteiger partial charge is 0.382 e. The third-order valence-corrected chi connectivity index (χ3v) is 8.23. The molecule has 3 heterocycles. The molecule has 3 N–H and O–H groups in total. The molecule has 0 amide bonds. The molecule has 2 aromatic carbocycles. The topological polar surface area (TPSA) is 81.1 Å². The Morgan fingerprint density at radius 3 is 2.49 bits per heavy atom. The van der Waals surface area contributed by atoms with Gasteiger partial charge < -0.3 is 11.1 Å². The van der Waals surface area contributed by atoms with Crippen molar-refractivity contribution >= 4 is 22.2 Å². The molecule has 3 aromatic heterocycles. The Kier molecular flexibility index (Phi) is 5.62. The summed E-state index contributed by atoms with van der Waals surface area (Å²) in [4.78, 5) is 14.6. The molecule has 0 aliphatic heterocycles. The highest BCUT2D eigenvalue weighted by Crippen LogP contribution is 2.40. The maximum Gasteiger partial charge on any atom is 0.150 e. The van der Waals surface area contributed by atoms with E-state index in [0.717, 1.165) is 57.6 Å². The molecule has 0 radical (unpaired) electrons. The van der Waals surface area contributed by atoms with Crippen molar-refractivity contribution in [2.45, 2.75) is 62.9 Å². The van der Waals surface area contributed by atoms with Gasteiger partial charge in [0.05, 0.1) is 11.2 Å². The van der Waals surface area contributed by atoms with E-state index >= 15 is 0 Å². The Bertz CT molecular complexity index is 1560. The molecule has 2 fully saturated rings. The number of aromatic nitrogens is 4. The number of nitrogens with one attached hydrogen (secondary N) is 1. The van der Waals surface area contributed by atoms with Gasteiger partial charge in [0.15, 0.2) is 0 Å².